The second kappa shape index (κ2) is 5.89. The molecule has 2 N–H and O–H groups in total. The Balaban J connectivity index is 2.22. The lowest BCUT2D eigenvalue weighted by molar-refractivity contribution is 0.404. The number of rotatable bonds is 4. The van der Waals surface area contributed by atoms with Crippen molar-refractivity contribution in [3.8, 4) is 5.75 Å². The van der Waals surface area contributed by atoms with Gasteiger partial charge in [-0.05, 0) is 24.6 Å². The summed E-state index contributed by atoms with van der Waals surface area (Å²) in [7, 11) is 0.416. The number of ether oxygens (including phenoxy) is 1. The first-order valence-electron chi connectivity index (χ1n) is 5.97. The third kappa shape index (κ3) is 3.35. The molecule has 0 amide bonds. The molecule has 1 atom stereocenters. The first kappa shape index (κ1) is 13.6. The van der Waals surface area contributed by atoms with Gasteiger partial charge < -0.3 is 10.5 Å². The van der Waals surface area contributed by atoms with Crippen LogP contribution in [0.1, 0.15) is 11.1 Å². The van der Waals surface area contributed by atoms with E-state index in [1.54, 1.807) is 25.3 Å². The molecule has 3 nitrogen and oxygen atoms in total. The van der Waals surface area contributed by atoms with Gasteiger partial charge in [0.1, 0.15) is 5.75 Å². The van der Waals surface area contributed by atoms with E-state index in [9.17, 15) is 4.21 Å². The lowest BCUT2D eigenvalue weighted by Gasteiger charge is -2.09. The predicted octanol–water partition coefficient (Wildman–Crippen LogP) is 2.89. The highest BCUT2D eigenvalue weighted by Gasteiger charge is 2.11. The van der Waals surface area contributed by atoms with Crippen LogP contribution in [-0.4, -0.2) is 11.3 Å². The molecular formula is C15H17NO2S. The van der Waals surface area contributed by atoms with E-state index in [4.69, 9.17) is 10.5 Å². The van der Waals surface area contributed by atoms with Crippen LogP contribution in [0.2, 0.25) is 0 Å². The molecule has 0 bridgehead atoms. The minimum Gasteiger partial charge on any atom is -0.495 e. The summed E-state index contributed by atoms with van der Waals surface area (Å²) in [5.41, 5.74) is 8.54. The highest BCUT2D eigenvalue weighted by Crippen LogP contribution is 2.26. The minimum absolute atomic E-state index is 0.473. The lowest BCUT2D eigenvalue weighted by atomic mass is 10.2. The van der Waals surface area contributed by atoms with Crippen molar-refractivity contribution in [2.75, 3.05) is 12.8 Å². The molecule has 0 saturated carbocycles. The molecule has 0 aliphatic rings. The van der Waals surface area contributed by atoms with Crippen LogP contribution in [0.3, 0.4) is 0 Å². The SMILES string of the molecule is COc1cc(N)ccc1S(=O)Cc1ccc(C)cc1. The molecular weight excluding hydrogens is 258 g/mol. The molecule has 0 saturated heterocycles. The Hall–Kier alpha value is -1.81. The number of nitrogens with two attached hydrogens (primary N) is 1. The fourth-order valence-electron chi connectivity index (χ4n) is 1.79. The summed E-state index contributed by atoms with van der Waals surface area (Å²) < 4.78 is 17.6. The molecule has 0 fully saturated rings. The molecule has 2 rings (SSSR count). The van der Waals surface area contributed by atoms with Gasteiger partial charge in [-0.3, -0.25) is 4.21 Å². The zero-order valence-corrected chi connectivity index (χ0v) is 11.9. The third-order valence-electron chi connectivity index (χ3n) is 2.85. The van der Waals surface area contributed by atoms with Crippen LogP contribution in [-0.2, 0) is 16.6 Å². The van der Waals surface area contributed by atoms with Gasteiger partial charge in [-0.2, -0.15) is 0 Å². The first-order chi connectivity index (χ1) is 9.10. The van der Waals surface area contributed by atoms with Gasteiger partial charge >= 0.3 is 0 Å². The van der Waals surface area contributed by atoms with Gasteiger partial charge in [-0.1, -0.05) is 29.8 Å². The maximum Gasteiger partial charge on any atom is 0.137 e. The van der Waals surface area contributed by atoms with Crippen molar-refractivity contribution in [2.24, 2.45) is 0 Å². The van der Waals surface area contributed by atoms with Crippen molar-refractivity contribution < 1.29 is 8.95 Å². The van der Waals surface area contributed by atoms with Gasteiger partial charge in [0.15, 0.2) is 0 Å². The van der Waals surface area contributed by atoms with Crippen molar-refractivity contribution in [2.45, 2.75) is 17.6 Å². The molecule has 2 aromatic carbocycles. The van der Waals surface area contributed by atoms with Gasteiger partial charge in [0, 0.05) is 11.8 Å². The minimum atomic E-state index is -1.14. The molecule has 0 spiro atoms. The Kier molecular flexibility index (Phi) is 4.22. The highest BCUT2D eigenvalue weighted by atomic mass is 32.2. The zero-order valence-electron chi connectivity index (χ0n) is 11.1. The topological polar surface area (TPSA) is 52.3 Å². The van der Waals surface area contributed by atoms with Gasteiger partial charge in [-0.15, -0.1) is 0 Å². The second-order valence-corrected chi connectivity index (χ2v) is 5.81. The molecule has 0 aromatic heterocycles. The number of methoxy groups -OCH3 is 1. The molecule has 0 aliphatic carbocycles. The number of hydrogen-bond donors (Lipinski definition) is 1. The van der Waals surface area contributed by atoms with Crippen molar-refractivity contribution in [3.63, 3.8) is 0 Å². The van der Waals surface area contributed by atoms with Crippen LogP contribution < -0.4 is 10.5 Å². The zero-order chi connectivity index (χ0) is 13.8. The van der Waals surface area contributed by atoms with Crippen molar-refractivity contribution >= 4 is 16.5 Å². The molecule has 0 aliphatic heterocycles. The Morgan fingerprint density at radius 2 is 1.84 bits per heavy atom. The Morgan fingerprint density at radius 1 is 1.16 bits per heavy atom. The van der Waals surface area contributed by atoms with E-state index >= 15 is 0 Å². The fraction of sp³-hybridized carbons (Fsp3) is 0.200. The number of aryl methyl sites for hydroxylation is 1. The molecule has 100 valence electrons. The third-order valence-corrected chi connectivity index (χ3v) is 4.27. The van der Waals surface area contributed by atoms with E-state index in [2.05, 4.69) is 0 Å². The maximum absolute atomic E-state index is 12.4. The Morgan fingerprint density at radius 3 is 2.47 bits per heavy atom. The smallest absolute Gasteiger partial charge is 0.137 e. The van der Waals surface area contributed by atoms with Crippen LogP contribution in [0.25, 0.3) is 0 Å². The average molecular weight is 275 g/mol. The van der Waals surface area contributed by atoms with Crippen molar-refractivity contribution in [1.82, 2.24) is 0 Å². The first-order valence-corrected chi connectivity index (χ1v) is 7.29. The largest absolute Gasteiger partial charge is 0.495 e. The average Bonchev–Trinajstić information content (AvgIpc) is 2.41. The van der Waals surface area contributed by atoms with E-state index in [1.807, 2.05) is 31.2 Å². The van der Waals surface area contributed by atoms with Gasteiger partial charge in [-0.25, -0.2) is 0 Å². The Bertz CT molecular complexity index is 594. The van der Waals surface area contributed by atoms with E-state index in [-0.39, 0.29) is 0 Å². The number of nitrogen functional groups attached to an aromatic ring is 1. The summed E-state index contributed by atoms with van der Waals surface area (Å²) in [5.74, 6) is 1.05. The van der Waals surface area contributed by atoms with Crippen LogP contribution in [0.15, 0.2) is 47.4 Å². The van der Waals surface area contributed by atoms with Crippen LogP contribution >= 0.6 is 0 Å². The molecule has 0 radical (unpaired) electrons. The van der Waals surface area contributed by atoms with Crippen molar-refractivity contribution in [3.05, 3.63) is 53.6 Å². The van der Waals surface area contributed by atoms with Gasteiger partial charge in [0.2, 0.25) is 0 Å². The van der Waals surface area contributed by atoms with E-state index in [0.717, 1.165) is 5.56 Å². The lowest BCUT2D eigenvalue weighted by Crippen LogP contribution is -2.00. The summed E-state index contributed by atoms with van der Waals surface area (Å²) in [4.78, 5) is 0.678. The maximum atomic E-state index is 12.4. The normalized spacial score (nSPS) is 12.1. The highest BCUT2D eigenvalue weighted by molar-refractivity contribution is 7.84. The van der Waals surface area contributed by atoms with E-state index in [1.165, 1.54) is 5.56 Å². The number of benzene rings is 2. The molecule has 1 unspecified atom stereocenters. The number of hydrogen-bond acceptors (Lipinski definition) is 3. The second-order valence-electron chi connectivity index (χ2n) is 4.39. The van der Waals surface area contributed by atoms with Gasteiger partial charge in [0.25, 0.3) is 0 Å². The van der Waals surface area contributed by atoms with Crippen LogP contribution in [0, 0.1) is 6.92 Å². The van der Waals surface area contributed by atoms with E-state index in [0.29, 0.717) is 22.1 Å². The van der Waals surface area contributed by atoms with Crippen LogP contribution in [0.5, 0.6) is 5.75 Å². The van der Waals surface area contributed by atoms with Crippen LogP contribution in [0.4, 0.5) is 5.69 Å². The summed E-state index contributed by atoms with van der Waals surface area (Å²) >= 11 is 0. The fourth-order valence-corrected chi connectivity index (χ4v) is 3.02. The van der Waals surface area contributed by atoms with Gasteiger partial charge in [0.05, 0.1) is 28.6 Å². The Labute approximate surface area is 115 Å². The summed E-state index contributed by atoms with van der Waals surface area (Å²) in [5, 5.41) is 0. The summed E-state index contributed by atoms with van der Waals surface area (Å²) in [6, 6.07) is 13.2. The summed E-state index contributed by atoms with van der Waals surface area (Å²) in [6.07, 6.45) is 0. The quantitative estimate of drug-likeness (QED) is 0.873. The molecule has 2 aromatic rings. The summed E-state index contributed by atoms with van der Waals surface area (Å²) in [6.45, 7) is 2.03. The monoisotopic (exact) mass is 275 g/mol. The molecule has 4 heteroatoms. The molecule has 19 heavy (non-hydrogen) atoms. The predicted molar refractivity (Wildman–Crippen MR) is 78.7 cm³/mol. The number of anilines is 1. The van der Waals surface area contributed by atoms with E-state index < -0.39 is 10.8 Å². The van der Waals surface area contributed by atoms with Crippen molar-refractivity contribution in [1.29, 1.82) is 0 Å². The molecule has 0 heterocycles. The standard InChI is InChI=1S/C15H17NO2S/c1-11-3-5-12(6-4-11)10-19(17)15-8-7-13(16)9-14(15)18-2/h3-9H,10,16H2,1-2H3.